The van der Waals surface area contributed by atoms with Crippen LogP contribution < -0.4 is 10.2 Å². The number of anilines is 1. The van der Waals surface area contributed by atoms with Gasteiger partial charge in [-0.25, -0.2) is 4.98 Å². The lowest BCUT2D eigenvalue weighted by Crippen LogP contribution is -2.24. The first-order valence-corrected chi connectivity index (χ1v) is 7.93. The van der Waals surface area contributed by atoms with E-state index in [-0.39, 0.29) is 0 Å². The molecule has 1 fully saturated rings. The molecule has 0 radical (unpaired) electrons. The van der Waals surface area contributed by atoms with E-state index in [1.165, 1.54) is 28.5 Å². The highest BCUT2D eigenvalue weighted by Crippen LogP contribution is 2.37. The second-order valence-electron chi connectivity index (χ2n) is 5.16. The Morgan fingerprint density at radius 2 is 2.17 bits per heavy atom. The molecule has 0 saturated heterocycles. The van der Waals surface area contributed by atoms with Crippen molar-refractivity contribution in [1.29, 1.82) is 0 Å². The standard InChI is InChI=1S/C14H25N3S/c1-5-10(3)13-12(9-15-4)18-14(16-13)17(6-2)11-7-8-11/h10-11,15H,5-9H2,1-4H3. The summed E-state index contributed by atoms with van der Waals surface area (Å²) >= 11 is 1.88. The second kappa shape index (κ2) is 6.02. The molecular formula is C14H25N3S. The van der Waals surface area contributed by atoms with Gasteiger partial charge < -0.3 is 10.2 Å². The molecule has 0 aromatic carbocycles. The quantitative estimate of drug-likeness (QED) is 0.821. The molecule has 1 heterocycles. The van der Waals surface area contributed by atoms with Crippen LogP contribution in [0.4, 0.5) is 5.13 Å². The van der Waals surface area contributed by atoms with E-state index in [1.54, 1.807) is 0 Å². The van der Waals surface area contributed by atoms with E-state index >= 15 is 0 Å². The van der Waals surface area contributed by atoms with Crippen LogP contribution in [-0.4, -0.2) is 24.6 Å². The molecule has 3 nitrogen and oxygen atoms in total. The molecule has 1 aliphatic rings. The Morgan fingerprint density at radius 1 is 1.44 bits per heavy atom. The van der Waals surface area contributed by atoms with Crippen LogP contribution in [0.15, 0.2) is 0 Å². The fourth-order valence-electron chi connectivity index (χ4n) is 2.27. The van der Waals surface area contributed by atoms with Crippen molar-refractivity contribution in [2.24, 2.45) is 0 Å². The molecule has 1 aromatic rings. The maximum absolute atomic E-state index is 4.94. The van der Waals surface area contributed by atoms with E-state index < -0.39 is 0 Å². The topological polar surface area (TPSA) is 28.2 Å². The van der Waals surface area contributed by atoms with E-state index in [2.05, 4.69) is 31.0 Å². The fourth-order valence-corrected chi connectivity index (χ4v) is 3.60. The van der Waals surface area contributed by atoms with E-state index in [9.17, 15) is 0 Å². The van der Waals surface area contributed by atoms with Gasteiger partial charge in [0.05, 0.1) is 5.69 Å². The van der Waals surface area contributed by atoms with E-state index in [4.69, 9.17) is 4.98 Å². The summed E-state index contributed by atoms with van der Waals surface area (Å²) in [6.07, 6.45) is 3.84. The van der Waals surface area contributed by atoms with Gasteiger partial charge in [0, 0.05) is 24.0 Å². The largest absolute Gasteiger partial charge is 0.345 e. The minimum Gasteiger partial charge on any atom is -0.345 e. The second-order valence-corrected chi connectivity index (χ2v) is 6.22. The summed E-state index contributed by atoms with van der Waals surface area (Å²) in [4.78, 5) is 8.84. The maximum Gasteiger partial charge on any atom is 0.186 e. The van der Waals surface area contributed by atoms with Gasteiger partial charge >= 0.3 is 0 Å². The number of rotatable bonds is 7. The normalized spacial score (nSPS) is 16.9. The van der Waals surface area contributed by atoms with Gasteiger partial charge in [-0.3, -0.25) is 0 Å². The lowest BCUT2D eigenvalue weighted by atomic mass is 10.0. The smallest absolute Gasteiger partial charge is 0.186 e. The van der Waals surface area contributed by atoms with Crippen LogP contribution in [0.3, 0.4) is 0 Å². The van der Waals surface area contributed by atoms with Crippen LogP contribution >= 0.6 is 11.3 Å². The van der Waals surface area contributed by atoms with Gasteiger partial charge in [-0.1, -0.05) is 13.8 Å². The first-order chi connectivity index (χ1) is 8.71. The minimum atomic E-state index is 0.566. The fraction of sp³-hybridized carbons (Fsp3) is 0.786. The molecule has 0 bridgehead atoms. The van der Waals surface area contributed by atoms with E-state index in [0.29, 0.717) is 5.92 Å². The number of hydrogen-bond acceptors (Lipinski definition) is 4. The molecule has 18 heavy (non-hydrogen) atoms. The maximum atomic E-state index is 4.94. The van der Waals surface area contributed by atoms with Crippen LogP contribution in [0.25, 0.3) is 0 Å². The number of thiazole rings is 1. The van der Waals surface area contributed by atoms with Crippen LogP contribution in [-0.2, 0) is 6.54 Å². The van der Waals surface area contributed by atoms with Gasteiger partial charge in [-0.05, 0) is 39.2 Å². The molecule has 1 aromatic heterocycles. The van der Waals surface area contributed by atoms with Crippen molar-refractivity contribution in [3.8, 4) is 0 Å². The van der Waals surface area contributed by atoms with Crippen molar-refractivity contribution < 1.29 is 0 Å². The third-order valence-electron chi connectivity index (χ3n) is 3.71. The summed E-state index contributed by atoms with van der Waals surface area (Å²) in [6.45, 7) is 8.79. The van der Waals surface area contributed by atoms with Crippen molar-refractivity contribution in [2.45, 2.75) is 58.5 Å². The first kappa shape index (κ1) is 13.8. The highest BCUT2D eigenvalue weighted by Gasteiger charge is 2.30. The van der Waals surface area contributed by atoms with Crippen molar-refractivity contribution in [1.82, 2.24) is 10.3 Å². The van der Waals surface area contributed by atoms with Crippen molar-refractivity contribution in [3.05, 3.63) is 10.6 Å². The number of hydrogen-bond donors (Lipinski definition) is 1. The zero-order valence-corrected chi connectivity index (χ0v) is 12.8. The Hall–Kier alpha value is -0.610. The summed E-state index contributed by atoms with van der Waals surface area (Å²) in [5, 5.41) is 4.51. The summed E-state index contributed by atoms with van der Waals surface area (Å²) in [7, 11) is 2.01. The highest BCUT2D eigenvalue weighted by molar-refractivity contribution is 7.15. The van der Waals surface area contributed by atoms with E-state index in [0.717, 1.165) is 25.6 Å². The number of nitrogens with zero attached hydrogens (tertiary/aromatic N) is 2. The third kappa shape index (κ3) is 2.86. The summed E-state index contributed by atoms with van der Waals surface area (Å²) in [5.41, 5.74) is 1.31. The number of nitrogens with one attached hydrogen (secondary N) is 1. The molecule has 1 aliphatic carbocycles. The number of aromatic nitrogens is 1. The Balaban J connectivity index is 2.25. The van der Waals surface area contributed by atoms with Crippen molar-refractivity contribution >= 4 is 16.5 Å². The zero-order chi connectivity index (χ0) is 13.1. The van der Waals surface area contributed by atoms with Crippen molar-refractivity contribution in [2.75, 3.05) is 18.5 Å². The zero-order valence-electron chi connectivity index (χ0n) is 12.0. The highest BCUT2D eigenvalue weighted by atomic mass is 32.1. The Morgan fingerprint density at radius 3 is 2.67 bits per heavy atom. The predicted octanol–water partition coefficient (Wildman–Crippen LogP) is 3.36. The summed E-state index contributed by atoms with van der Waals surface area (Å²) < 4.78 is 0. The van der Waals surface area contributed by atoms with Gasteiger partial charge in [-0.15, -0.1) is 11.3 Å². The average molecular weight is 267 g/mol. The molecule has 1 atom stereocenters. The Bertz CT molecular complexity index is 384. The van der Waals surface area contributed by atoms with Gasteiger partial charge in [0.25, 0.3) is 0 Å². The van der Waals surface area contributed by atoms with Gasteiger partial charge in [0.1, 0.15) is 0 Å². The van der Waals surface area contributed by atoms with Gasteiger partial charge in [0.2, 0.25) is 0 Å². The third-order valence-corrected chi connectivity index (χ3v) is 4.82. The predicted molar refractivity (Wildman–Crippen MR) is 79.6 cm³/mol. The molecule has 2 rings (SSSR count). The van der Waals surface area contributed by atoms with Crippen LogP contribution in [0.1, 0.15) is 56.5 Å². The lowest BCUT2D eigenvalue weighted by molar-refractivity contribution is 0.690. The van der Waals surface area contributed by atoms with Crippen LogP contribution in [0.5, 0.6) is 0 Å². The first-order valence-electron chi connectivity index (χ1n) is 7.12. The van der Waals surface area contributed by atoms with Crippen molar-refractivity contribution in [3.63, 3.8) is 0 Å². The molecule has 0 aliphatic heterocycles. The summed E-state index contributed by atoms with van der Waals surface area (Å²) in [5.74, 6) is 0.566. The molecule has 1 unspecified atom stereocenters. The van der Waals surface area contributed by atoms with Crippen LogP contribution in [0, 0.1) is 0 Å². The molecular weight excluding hydrogens is 242 g/mol. The van der Waals surface area contributed by atoms with Gasteiger partial charge in [-0.2, -0.15) is 0 Å². The molecule has 0 amide bonds. The molecule has 0 spiro atoms. The minimum absolute atomic E-state index is 0.566. The molecule has 1 N–H and O–H groups in total. The Kier molecular flexibility index (Phi) is 4.62. The molecule has 102 valence electrons. The lowest BCUT2D eigenvalue weighted by Gasteiger charge is -2.18. The average Bonchev–Trinajstić information content (AvgIpc) is 3.12. The monoisotopic (exact) mass is 267 g/mol. The molecule has 1 saturated carbocycles. The van der Waals surface area contributed by atoms with E-state index in [1.807, 2.05) is 18.4 Å². The van der Waals surface area contributed by atoms with Gasteiger partial charge in [0.15, 0.2) is 5.13 Å². The van der Waals surface area contributed by atoms with Crippen LogP contribution in [0.2, 0.25) is 0 Å². The Labute approximate surface area is 115 Å². The SMILES string of the molecule is CCC(C)c1nc(N(CC)C2CC2)sc1CNC. The summed E-state index contributed by atoms with van der Waals surface area (Å²) in [6, 6.07) is 0.758. The molecule has 4 heteroatoms.